The Bertz CT molecular complexity index is 1180. The summed E-state index contributed by atoms with van der Waals surface area (Å²) >= 11 is 7.51. The number of hydrogen-bond donors (Lipinski definition) is 1. The maximum absolute atomic E-state index is 13.1. The number of aryl methyl sites for hydroxylation is 1. The number of carbonyl (C=O) groups is 1. The topological polar surface area (TPSA) is 66.5 Å². The summed E-state index contributed by atoms with van der Waals surface area (Å²) in [4.78, 5) is 13.8. The third-order valence-corrected chi connectivity index (χ3v) is 7.68. The lowest BCUT2D eigenvalue weighted by atomic mass is 10.1. The standard InChI is InChI=1S/C23H23ClN2O3S2/c1-4-26(31(28,29)21-12-10-20(30-3)11-13-21)19-8-5-17(6-9-19)23(27)25-22-14-7-18(24)15-16(22)2/h5-15H,4H2,1-3H3,(H,25,27). The van der Waals surface area contributed by atoms with Crippen molar-refractivity contribution in [3.05, 3.63) is 82.9 Å². The molecule has 0 aromatic heterocycles. The fourth-order valence-corrected chi connectivity index (χ4v) is 5.22. The number of amides is 1. The van der Waals surface area contributed by atoms with Crippen LogP contribution in [0.2, 0.25) is 5.02 Å². The van der Waals surface area contributed by atoms with Crippen LogP contribution in [0.3, 0.4) is 0 Å². The molecule has 0 radical (unpaired) electrons. The molecule has 0 unspecified atom stereocenters. The van der Waals surface area contributed by atoms with Crippen molar-refractivity contribution in [3.63, 3.8) is 0 Å². The van der Waals surface area contributed by atoms with Gasteiger partial charge in [-0.3, -0.25) is 9.10 Å². The Morgan fingerprint density at radius 3 is 2.23 bits per heavy atom. The van der Waals surface area contributed by atoms with E-state index >= 15 is 0 Å². The zero-order chi connectivity index (χ0) is 22.6. The number of nitrogens with one attached hydrogen (secondary N) is 1. The molecule has 162 valence electrons. The fraction of sp³-hybridized carbons (Fsp3) is 0.174. The zero-order valence-corrected chi connectivity index (χ0v) is 19.8. The highest BCUT2D eigenvalue weighted by Gasteiger charge is 2.23. The van der Waals surface area contributed by atoms with Crippen molar-refractivity contribution >= 4 is 50.7 Å². The molecular formula is C23H23ClN2O3S2. The molecule has 1 N–H and O–H groups in total. The van der Waals surface area contributed by atoms with E-state index in [0.717, 1.165) is 10.5 Å². The molecule has 5 nitrogen and oxygen atoms in total. The summed E-state index contributed by atoms with van der Waals surface area (Å²) in [7, 11) is -3.71. The number of halogens is 1. The molecule has 1 amide bonds. The quantitative estimate of drug-likeness (QED) is 0.437. The maximum atomic E-state index is 13.1. The van der Waals surface area contributed by atoms with Gasteiger partial charge < -0.3 is 5.32 Å². The molecule has 0 aliphatic heterocycles. The summed E-state index contributed by atoms with van der Waals surface area (Å²) in [6.07, 6.45) is 1.94. The van der Waals surface area contributed by atoms with Crippen LogP contribution in [-0.4, -0.2) is 27.1 Å². The number of hydrogen-bond acceptors (Lipinski definition) is 4. The Balaban J connectivity index is 1.81. The number of carbonyl (C=O) groups excluding carboxylic acids is 1. The van der Waals surface area contributed by atoms with Crippen molar-refractivity contribution in [2.45, 2.75) is 23.6 Å². The lowest BCUT2D eigenvalue weighted by molar-refractivity contribution is 0.102. The van der Waals surface area contributed by atoms with Gasteiger partial charge in [-0.15, -0.1) is 11.8 Å². The molecule has 31 heavy (non-hydrogen) atoms. The van der Waals surface area contributed by atoms with Crippen LogP contribution in [0.1, 0.15) is 22.8 Å². The van der Waals surface area contributed by atoms with Crippen molar-refractivity contribution < 1.29 is 13.2 Å². The van der Waals surface area contributed by atoms with Gasteiger partial charge >= 0.3 is 0 Å². The molecule has 3 rings (SSSR count). The van der Waals surface area contributed by atoms with Crippen molar-refractivity contribution in [2.75, 3.05) is 22.4 Å². The maximum Gasteiger partial charge on any atom is 0.264 e. The molecule has 3 aromatic rings. The minimum absolute atomic E-state index is 0.229. The summed E-state index contributed by atoms with van der Waals surface area (Å²) in [5, 5.41) is 3.45. The minimum atomic E-state index is -3.71. The van der Waals surface area contributed by atoms with Crippen molar-refractivity contribution in [1.29, 1.82) is 0 Å². The van der Waals surface area contributed by atoms with Gasteiger partial charge in [0.15, 0.2) is 0 Å². The molecule has 8 heteroatoms. The van der Waals surface area contributed by atoms with E-state index in [0.29, 0.717) is 22.0 Å². The number of thioether (sulfide) groups is 1. The second kappa shape index (κ2) is 9.77. The second-order valence-electron chi connectivity index (χ2n) is 6.81. The van der Waals surface area contributed by atoms with Crippen molar-refractivity contribution in [2.24, 2.45) is 0 Å². The molecule has 0 saturated carbocycles. The van der Waals surface area contributed by atoms with E-state index in [4.69, 9.17) is 11.6 Å². The Morgan fingerprint density at radius 2 is 1.68 bits per heavy atom. The van der Waals surface area contributed by atoms with Gasteiger partial charge in [-0.2, -0.15) is 0 Å². The Morgan fingerprint density at radius 1 is 1.03 bits per heavy atom. The first kappa shape index (κ1) is 23.2. The van der Waals surface area contributed by atoms with E-state index in [9.17, 15) is 13.2 Å². The van der Waals surface area contributed by atoms with E-state index < -0.39 is 10.0 Å². The molecule has 0 spiro atoms. The normalized spacial score (nSPS) is 11.2. The van der Waals surface area contributed by atoms with Gasteiger partial charge in [0.05, 0.1) is 10.6 Å². The Kier molecular flexibility index (Phi) is 7.30. The van der Waals surface area contributed by atoms with Crippen LogP contribution >= 0.6 is 23.4 Å². The average molecular weight is 475 g/mol. The van der Waals surface area contributed by atoms with Crippen LogP contribution in [0.5, 0.6) is 0 Å². The highest BCUT2D eigenvalue weighted by molar-refractivity contribution is 7.98. The predicted octanol–water partition coefficient (Wildman–Crippen LogP) is 5.84. The first-order valence-electron chi connectivity index (χ1n) is 9.60. The lowest BCUT2D eigenvalue weighted by Crippen LogP contribution is -2.30. The number of nitrogens with zero attached hydrogens (tertiary/aromatic N) is 1. The number of rotatable bonds is 7. The fourth-order valence-electron chi connectivity index (χ4n) is 3.11. The van der Waals surface area contributed by atoms with Crippen LogP contribution in [0.25, 0.3) is 0 Å². The summed E-state index contributed by atoms with van der Waals surface area (Å²) in [6.45, 7) is 3.90. The van der Waals surface area contributed by atoms with Crippen LogP contribution in [0.15, 0.2) is 76.5 Å². The van der Waals surface area contributed by atoms with Crippen LogP contribution in [0.4, 0.5) is 11.4 Å². The molecule has 0 heterocycles. The highest BCUT2D eigenvalue weighted by atomic mass is 35.5. The Hall–Kier alpha value is -2.48. The molecule has 0 bridgehead atoms. The average Bonchev–Trinajstić information content (AvgIpc) is 2.76. The van der Waals surface area contributed by atoms with Crippen LogP contribution in [-0.2, 0) is 10.0 Å². The minimum Gasteiger partial charge on any atom is -0.322 e. The highest BCUT2D eigenvalue weighted by Crippen LogP contribution is 2.26. The van der Waals surface area contributed by atoms with E-state index in [2.05, 4.69) is 5.32 Å². The van der Waals surface area contributed by atoms with E-state index in [-0.39, 0.29) is 17.3 Å². The molecule has 0 fully saturated rings. The second-order valence-corrected chi connectivity index (χ2v) is 9.98. The summed E-state index contributed by atoms with van der Waals surface area (Å²) < 4.78 is 27.6. The number of benzene rings is 3. The smallest absolute Gasteiger partial charge is 0.264 e. The van der Waals surface area contributed by atoms with Gasteiger partial charge in [-0.05, 0) is 92.4 Å². The van der Waals surface area contributed by atoms with Gasteiger partial charge in [0, 0.05) is 27.7 Å². The zero-order valence-electron chi connectivity index (χ0n) is 17.4. The number of anilines is 2. The molecule has 0 atom stereocenters. The lowest BCUT2D eigenvalue weighted by Gasteiger charge is -2.23. The van der Waals surface area contributed by atoms with Gasteiger partial charge in [-0.25, -0.2) is 8.42 Å². The Labute approximate surface area is 192 Å². The monoisotopic (exact) mass is 474 g/mol. The van der Waals surface area contributed by atoms with Gasteiger partial charge in [0.1, 0.15) is 0 Å². The molecule has 0 aliphatic carbocycles. The van der Waals surface area contributed by atoms with E-state index in [1.165, 1.54) is 4.31 Å². The van der Waals surface area contributed by atoms with Crippen molar-refractivity contribution in [1.82, 2.24) is 0 Å². The van der Waals surface area contributed by atoms with Crippen molar-refractivity contribution in [3.8, 4) is 0 Å². The molecule has 3 aromatic carbocycles. The molecule has 0 aliphatic rings. The van der Waals surface area contributed by atoms with E-state index in [1.54, 1.807) is 85.4 Å². The first-order valence-corrected chi connectivity index (χ1v) is 12.6. The third kappa shape index (κ3) is 5.23. The third-order valence-electron chi connectivity index (χ3n) is 4.79. The predicted molar refractivity (Wildman–Crippen MR) is 129 cm³/mol. The summed E-state index contributed by atoms with van der Waals surface area (Å²) in [5.74, 6) is -0.282. The van der Waals surface area contributed by atoms with Crippen LogP contribution in [0, 0.1) is 6.92 Å². The van der Waals surface area contributed by atoms with E-state index in [1.807, 2.05) is 13.2 Å². The van der Waals surface area contributed by atoms with Crippen LogP contribution < -0.4 is 9.62 Å². The first-order chi connectivity index (χ1) is 14.8. The van der Waals surface area contributed by atoms with Gasteiger partial charge in [0.25, 0.3) is 15.9 Å². The largest absolute Gasteiger partial charge is 0.322 e. The number of sulfonamides is 1. The molecule has 0 saturated heterocycles. The summed E-state index contributed by atoms with van der Waals surface area (Å²) in [6, 6.07) is 18.5. The van der Waals surface area contributed by atoms with Gasteiger partial charge in [0.2, 0.25) is 0 Å². The van der Waals surface area contributed by atoms with Gasteiger partial charge in [-0.1, -0.05) is 11.6 Å². The SMILES string of the molecule is CCN(c1ccc(C(=O)Nc2ccc(Cl)cc2C)cc1)S(=O)(=O)c1ccc(SC)cc1. The molecular weight excluding hydrogens is 452 g/mol. The summed E-state index contributed by atoms with van der Waals surface area (Å²) in [5.41, 5.74) is 2.45.